The Morgan fingerprint density at radius 1 is 0.448 bits per heavy atom. The van der Waals surface area contributed by atoms with E-state index >= 15 is 0 Å². The van der Waals surface area contributed by atoms with Crippen LogP contribution in [0.1, 0.15) is 230 Å². The van der Waals surface area contributed by atoms with Crippen molar-refractivity contribution in [1.29, 1.82) is 0 Å². The maximum atomic E-state index is 12.6. The molecule has 8 heteroatoms. The van der Waals surface area contributed by atoms with Gasteiger partial charge < -0.3 is 18.9 Å². The third-order valence-electron chi connectivity index (χ3n) is 10.7. The molecule has 0 aliphatic carbocycles. The average Bonchev–Trinajstić information content (AvgIpc) is 3.21. The van der Waals surface area contributed by atoms with E-state index in [9.17, 15) is 19.2 Å². The first-order valence-corrected chi connectivity index (χ1v) is 23.7. The van der Waals surface area contributed by atoms with E-state index in [1.165, 1.54) is 51.4 Å². The molecule has 0 N–H and O–H groups in total. The average molecular weight is 817 g/mol. The number of benzene rings is 1. The molecular formula is C50H88O8. The topological polar surface area (TPSA) is 105 Å². The van der Waals surface area contributed by atoms with E-state index in [4.69, 9.17) is 18.9 Å². The summed E-state index contributed by atoms with van der Waals surface area (Å²) >= 11 is 0. The first-order chi connectivity index (χ1) is 28.0. The van der Waals surface area contributed by atoms with Crippen LogP contribution >= 0.6 is 0 Å². The van der Waals surface area contributed by atoms with Crippen LogP contribution in [0.4, 0.5) is 0 Å². The van der Waals surface area contributed by atoms with Crippen molar-refractivity contribution < 1.29 is 38.1 Å². The molecule has 1 aromatic rings. The molecular weight excluding hydrogens is 729 g/mol. The lowest BCUT2D eigenvalue weighted by Gasteiger charge is -2.17. The second-order valence-corrected chi connectivity index (χ2v) is 17.1. The van der Waals surface area contributed by atoms with Crippen LogP contribution in [0.15, 0.2) is 24.3 Å². The van der Waals surface area contributed by atoms with Crippen LogP contribution in [0, 0.1) is 23.7 Å². The summed E-state index contributed by atoms with van der Waals surface area (Å²) in [6.07, 6.45) is 25.2. The number of unbranched alkanes of at least 4 members (excludes halogenated alkanes) is 11. The smallest absolute Gasteiger partial charge is 0.339 e. The molecule has 0 aromatic heterocycles. The van der Waals surface area contributed by atoms with Crippen LogP contribution in [0.25, 0.3) is 0 Å². The van der Waals surface area contributed by atoms with Crippen LogP contribution in [-0.2, 0) is 28.5 Å². The van der Waals surface area contributed by atoms with Crippen LogP contribution in [-0.4, -0.2) is 50.3 Å². The van der Waals surface area contributed by atoms with Gasteiger partial charge in [-0.25, -0.2) is 9.59 Å². The molecule has 0 spiro atoms. The SMILES string of the molecule is CC(C)CCCCCCCOC(=O)CCCCC(=O)OCCCCCCCC(C)C.CCCCC(CC)COC(=O)c1ccccc1C(=O)OCC(CC)CCCC. The van der Waals surface area contributed by atoms with Gasteiger partial charge in [0, 0.05) is 12.8 Å². The summed E-state index contributed by atoms with van der Waals surface area (Å²) in [7, 11) is 0. The molecule has 0 bridgehead atoms. The Balaban J connectivity index is 0.00000112. The Labute approximate surface area is 356 Å². The molecule has 2 atom stereocenters. The van der Waals surface area contributed by atoms with Gasteiger partial charge >= 0.3 is 23.9 Å². The molecule has 1 aromatic carbocycles. The van der Waals surface area contributed by atoms with Gasteiger partial charge in [0.1, 0.15) is 0 Å². The first kappa shape index (κ1) is 55.1. The van der Waals surface area contributed by atoms with E-state index in [0.29, 0.717) is 75.1 Å². The molecule has 0 aliphatic heterocycles. The van der Waals surface area contributed by atoms with Crippen LogP contribution in [0.3, 0.4) is 0 Å². The number of hydrogen-bond donors (Lipinski definition) is 0. The van der Waals surface area contributed by atoms with Crippen molar-refractivity contribution in [3.05, 3.63) is 35.4 Å². The highest BCUT2D eigenvalue weighted by Gasteiger charge is 2.21. The minimum atomic E-state index is -0.444. The van der Waals surface area contributed by atoms with Gasteiger partial charge in [0.25, 0.3) is 0 Å². The number of rotatable bonds is 35. The summed E-state index contributed by atoms with van der Waals surface area (Å²) in [5, 5.41) is 0. The Kier molecular flexibility index (Phi) is 36.4. The number of esters is 4. The van der Waals surface area contributed by atoms with Crippen molar-refractivity contribution in [1.82, 2.24) is 0 Å². The van der Waals surface area contributed by atoms with Gasteiger partial charge in [0.2, 0.25) is 0 Å². The molecule has 0 radical (unpaired) electrons. The predicted octanol–water partition coefficient (Wildman–Crippen LogP) is 14.1. The van der Waals surface area contributed by atoms with Crippen molar-refractivity contribution in [2.24, 2.45) is 23.7 Å². The Bertz CT molecular complexity index is 1070. The van der Waals surface area contributed by atoms with E-state index < -0.39 is 11.9 Å². The maximum Gasteiger partial charge on any atom is 0.339 e. The number of carbonyl (C=O) groups is 4. The molecule has 8 nitrogen and oxygen atoms in total. The molecule has 58 heavy (non-hydrogen) atoms. The van der Waals surface area contributed by atoms with Gasteiger partial charge in [0.05, 0.1) is 37.6 Å². The summed E-state index contributed by atoms with van der Waals surface area (Å²) in [4.78, 5) is 48.6. The van der Waals surface area contributed by atoms with Crippen LogP contribution < -0.4 is 0 Å². The second-order valence-electron chi connectivity index (χ2n) is 17.1. The van der Waals surface area contributed by atoms with Gasteiger partial charge in [-0.05, 0) is 74.3 Å². The number of carbonyl (C=O) groups excluding carboxylic acids is 4. The van der Waals surface area contributed by atoms with E-state index in [1.54, 1.807) is 24.3 Å². The lowest BCUT2D eigenvalue weighted by atomic mass is 10.0. The lowest BCUT2D eigenvalue weighted by molar-refractivity contribution is -0.146. The molecule has 0 fully saturated rings. The van der Waals surface area contributed by atoms with Gasteiger partial charge in [-0.15, -0.1) is 0 Å². The molecule has 1 rings (SSSR count). The van der Waals surface area contributed by atoms with Gasteiger partial charge in [-0.3, -0.25) is 9.59 Å². The molecule has 2 unspecified atom stereocenters. The molecule has 0 saturated carbocycles. The fourth-order valence-electron chi connectivity index (χ4n) is 6.60. The summed E-state index contributed by atoms with van der Waals surface area (Å²) in [5.74, 6) is 1.16. The Morgan fingerprint density at radius 2 is 0.810 bits per heavy atom. The molecule has 336 valence electrons. The first-order valence-electron chi connectivity index (χ1n) is 23.7. The summed E-state index contributed by atoms with van der Waals surface area (Å²) in [6, 6.07) is 6.77. The molecule has 0 aliphatic rings. The fourth-order valence-corrected chi connectivity index (χ4v) is 6.60. The number of hydrogen-bond acceptors (Lipinski definition) is 8. The monoisotopic (exact) mass is 817 g/mol. The van der Waals surface area contributed by atoms with Gasteiger partial charge in [-0.2, -0.15) is 0 Å². The minimum absolute atomic E-state index is 0.138. The van der Waals surface area contributed by atoms with E-state index in [-0.39, 0.29) is 11.9 Å². The Morgan fingerprint density at radius 3 is 1.16 bits per heavy atom. The molecule has 0 heterocycles. The van der Waals surface area contributed by atoms with E-state index in [2.05, 4.69) is 55.4 Å². The third kappa shape index (κ3) is 32.0. The highest BCUT2D eigenvalue weighted by molar-refractivity contribution is 6.03. The summed E-state index contributed by atoms with van der Waals surface area (Å²) < 4.78 is 21.6. The zero-order valence-corrected chi connectivity index (χ0v) is 38.7. The maximum absolute atomic E-state index is 12.6. The minimum Gasteiger partial charge on any atom is -0.466 e. The Hall–Kier alpha value is -2.90. The summed E-state index contributed by atoms with van der Waals surface area (Å²) in [5.41, 5.74) is 0.582. The van der Waals surface area contributed by atoms with Gasteiger partial charge in [0.15, 0.2) is 0 Å². The second kappa shape index (κ2) is 38.3. The van der Waals surface area contributed by atoms with Crippen molar-refractivity contribution in [2.75, 3.05) is 26.4 Å². The third-order valence-corrected chi connectivity index (χ3v) is 10.7. The predicted molar refractivity (Wildman–Crippen MR) is 239 cm³/mol. The van der Waals surface area contributed by atoms with Crippen molar-refractivity contribution >= 4 is 23.9 Å². The zero-order valence-electron chi connectivity index (χ0n) is 38.7. The standard InChI is InChI=1S/C26H50O4.C24H38O4/c1-23(2)17-11-7-5-9-15-21-29-25(27)19-13-14-20-26(28)30-22-16-10-6-8-12-18-24(3)4;1-5-9-13-19(7-3)17-27-23(25)21-15-11-12-16-22(21)24(26)28-18-20(8-4)14-10-6-2/h23-24H,5-22H2,1-4H3;11-12,15-16,19-20H,5-10,13-14,17-18H2,1-4H3. The highest BCUT2D eigenvalue weighted by Crippen LogP contribution is 2.19. The van der Waals surface area contributed by atoms with Crippen molar-refractivity contribution in [3.63, 3.8) is 0 Å². The largest absolute Gasteiger partial charge is 0.466 e. The summed E-state index contributed by atoms with van der Waals surface area (Å²) in [6.45, 7) is 19.5. The van der Waals surface area contributed by atoms with Gasteiger partial charge in [-0.1, -0.05) is 170 Å². The quantitative estimate of drug-likeness (QED) is 0.0379. The highest BCUT2D eigenvalue weighted by atomic mass is 16.5. The van der Waals surface area contributed by atoms with Crippen molar-refractivity contribution in [2.45, 2.75) is 209 Å². The number of ether oxygens (including phenoxy) is 4. The van der Waals surface area contributed by atoms with E-state index in [1.807, 2.05) is 0 Å². The zero-order chi connectivity index (χ0) is 43.2. The normalized spacial score (nSPS) is 12.1. The van der Waals surface area contributed by atoms with Crippen LogP contribution in [0.2, 0.25) is 0 Å². The van der Waals surface area contributed by atoms with Crippen molar-refractivity contribution in [3.8, 4) is 0 Å². The fraction of sp³-hybridized carbons (Fsp3) is 0.800. The van der Waals surface area contributed by atoms with E-state index in [0.717, 1.165) is 88.9 Å². The molecule has 0 amide bonds. The molecule has 0 saturated heterocycles. The lowest BCUT2D eigenvalue weighted by Crippen LogP contribution is -2.19. The van der Waals surface area contributed by atoms with Crippen LogP contribution in [0.5, 0.6) is 0 Å².